The summed E-state index contributed by atoms with van der Waals surface area (Å²) in [6.07, 6.45) is 4.31. The molecule has 2 aromatic carbocycles. The number of likely N-dealkylation sites (N-methyl/N-ethyl adjacent to an activating group) is 2. The maximum absolute atomic E-state index is 13.2. The summed E-state index contributed by atoms with van der Waals surface area (Å²) in [6.45, 7) is 7.63. The Hall–Kier alpha value is -2.66. The zero-order valence-electron chi connectivity index (χ0n) is 24.4. The second kappa shape index (κ2) is 13.3. The molecule has 9 nitrogen and oxygen atoms in total. The van der Waals surface area contributed by atoms with Crippen LogP contribution in [0, 0.1) is 13.8 Å². The first kappa shape index (κ1) is 30.3. The first-order valence-electron chi connectivity index (χ1n) is 14.0. The first-order chi connectivity index (χ1) is 19.1. The van der Waals surface area contributed by atoms with Gasteiger partial charge in [0.25, 0.3) is 0 Å². The molecular formula is C30H43N3O6S. The minimum atomic E-state index is -3.71. The lowest BCUT2D eigenvalue weighted by molar-refractivity contribution is -0.137. The smallest absolute Gasteiger partial charge is 0.248 e. The van der Waals surface area contributed by atoms with Crippen LogP contribution in [0.1, 0.15) is 47.6 Å². The van der Waals surface area contributed by atoms with Gasteiger partial charge in [0.1, 0.15) is 24.7 Å². The average molecular weight is 574 g/mol. The summed E-state index contributed by atoms with van der Waals surface area (Å²) >= 11 is 0. The number of hydrogen-bond donors (Lipinski definition) is 0. The van der Waals surface area contributed by atoms with Crippen molar-refractivity contribution in [2.75, 3.05) is 67.2 Å². The quantitative estimate of drug-likeness (QED) is 0.339. The predicted molar refractivity (Wildman–Crippen MR) is 155 cm³/mol. The molecule has 1 aliphatic carbocycles. The summed E-state index contributed by atoms with van der Waals surface area (Å²) in [4.78, 5) is 17.4. The highest BCUT2D eigenvalue weighted by Gasteiger charge is 2.29. The Bertz CT molecular complexity index is 1270. The van der Waals surface area contributed by atoms with E-state index in [1.165, 1.54) is 29.8 Å². The van der Waals surface area contributed by atoms with E-state index in [-0.39, 0.29) is 36.6 Å². The predicted octanol–water partition coefficient (Wildman–Crippen LogP) is 3.57. The Morgan fingerprint density at radius 2 is 1.73 bits per heavy atom. The Kier molecular flexibility index (Phi) is 10.1. The van der Waals surface area contributed by atoms with E-state index < -0.39 is 10.0 Å². The van der Waals surface area contributed by atoms with Gasteiger partial charge in [-0.25, -0.2) is 8.42 Å². The van der Waals surface area contributed by atoms with Crippen molar-refractivity contribution in [1.82, 2.24) is 14.1 Å². The standard InChI is InChI=1S/C30H43N3O6S/c1-22-18-26(37-5)19-23(2)30(22)40(35,36)31(3)14-16-38-21-29(34)32(4)28-11-8-24-20-25(9-10-27(24)28)39-17-15-33-12-6-7-13-33/h9-10,18-20,28H,6-8,11-17,21H2,1-5H3. The van der Waals surface area contributed by atoms with Crippen LogP contribution < -0.4 is 9.47 Å². The average Bonchev–Trinajstić information content (AvgIpc) is 3.59. The lowest BCUT2D eigenvalue weighted by Gasteiger charge is -2.26. The molecule has 0 spiro atoms. The van der Waals surface area contributed by atoms with Gasteiger partial charge >= 0.3 is 0 Å². The third kappa shape index (κ3) is 6.97. The Balaban J connectivity index is 1.24. The van der Waals surface area contributed by atoms with Gasteiger partial charge in [-0.15, -0.1) is 0 Å². The number of benzene rings is 2. The van der Waals surface area contributed by atoms with E-state index in [0.717, 1.165) is 43.8 Å². The molecule has 220 valence electrons. The number of carbonyl (C=O) groups excluding carboxylic acids is 1. The van der Waals surface area contributed by atoms with Gasteiger partial charge in [0.2, 0.25) is 15.9 Å². The van der Waals surface area contributed by atoms with E-state index in [9.17, 15) is 13.2 Å². The highest BCUT2D eigenvalue weighted by Crippen LogP contribution is 2.37. The molecular weight excluding hydrogens is 530 g/mol. The van der Waals surface area contributed by atoms with Crippen LogP contribution in [0.15, 0.2) is 35.2 Å². The van der Waals surface area contributed by atoms with Crippen LogP contribution in [0.3, 0.4) is 0 Å². The lowest BCUT2D eigenvalue weighted by Crippen LogP contribution is -2.35. The number of nitrogens with zero attached hydrogens (tertiary/aromatic N) is 3. The van der Waals surface area contributed by atoms with Crippen molar-refractivity contribution < 1.29 is 27.4 Å². The second-order valence-corrected chi connectivity index (χ2v) is 12.8. The Morgan fingerprint density at radius 1 is 1.02 bits per heavy atom. The molecule has 1 fully saturated rings. The van der Waals surface area contributed by atoms with Gasteiger partial charge < -0.3 is 19.1 Å². The van der Waals surface area contributed by atoms with Gasteiger partial charge in [-0.3, -0.25) is 9.69 Å². The Labute approximate surface area is 239 Å². The van der Waals surface area contributed by atoms with E-state index in [2.05, 4.69) is 17.0 Å². The molecule has 0 radical (unpaired) electrons. The van der Waals surface area contributed by atoms with Crippen molar-refractivity contribution in [3.63, 3.8) is 0 Å². The third-order valence-corrected chi connectivity index (χ3v) is 10.2. The number of sulfonamides is 1. The van der Waals surface area contributed by atoms with Crippen LogP contribution in [0.4, 0.5) is 0 Å². The Morgan fingerprint density at radius 3 is 2.40 bits per heavy atom. The van der Waals surface area contributed by atoms with Gasteiger partial charge in [-0.1, -0.05) is 6.07 Å². The van der Waals surface area contributed by atoms with E-state index in [0.29, 0.717) is 23.5 Å². The van der Waals surface area contributed by atoms with E-state index >= 15 is 0 Å². The maximum Gasteiger partial charge on any atom is 0.248 e. The van der Waals surface area contributed by atoms with Crippen molar-refractivity contribution in [2.24, 2.45) is 0 Å². The van der Waals surface area contributed by atoms with Crippen LogP contribution in [-0.4, -0.2) is 95.6 Å². The lowest BCUT2D eigenvalue weighted by atomic mass is 10.1. The number of fused-ring (bicyclic) bond motifs is 1. The molecule has 1 unspecified atom stereocenters. The molecule has 40 heavy (non-hydrogen) atoms. The summed E-state index contributed by atoms with van der Waals surface area (Å²) < 4.78 is 44.5. The summed E-state index contributed by atoms with van der Waals surface area (Å²) in [6, 6.07) is 9.60. The fourth-order valence-electron chi connectivity index (χ4n) is 5.70. The molecule has 0 N–H and O–H groups in total. The molecule has 0 bridgehead atoms. The van der Waals surface area contributed by atoms with Gasteiger partial charge in [0, 0.05) is 27.2 Å². The molecule has 1 aliphatic heterocycles. The molecule has 1 atom stereocenters. The van der Waals surface area contributed by atoms with Crippen LogP contribution in [-0.2, 0) is 26.0 Å². The number of hydrogen-bond acceptors (Lipinski definition) is 7. The summed E-state index contributed by atoms with van der Waals surface area (Å²) in [5.74, 6) is 1.38. The second-order valence-electron chi connectivity index (χ2n) is 10.8. The normalized spacial score (nSPS) is 17.3. The topological polar surface area (TPSA) is 88.6 Å². The van der Waals surface area contributed by atoms with Gasteiger partial charge in [-0.05, 0) is 99.1 Å². The summed E-state index contributed by atoms with van der Waals surface area (Å²) in [5, 5.41) is 0. The number of rotatable bonds is 13. The summed E-state index contributed by atoms with van der Waals surface area (Å²) in [7, 11) is 1.17. The van der Waals surface area contributed by atoms with Gasteiger partial charge in [0.05, 0.1) is 24.7 Å². The molecule has 0 saturated carbocycles. The minimum absolute atomic E-state index is 0.00572. The van der Waals surface area contributed by atoms with E-state index in [1.54, 1.807) is 45.0 Å². The largest absolute Gasteiger partial charge is 0.497 e. The zero-order chi connectivity index (χ0) is 28.9. The summed E-state index contributed by atoms with van der Waals surface area (Å²) in [5.41, 5.74) is 3.62. The van der Waals surface area contributed by atoms with Crippen molar-refractivity contribution >= 4 is 15.9 Å². The maximum atomic E-state index is 13.2. The molecule has 1 heterocycles. The highest BCUT2D eigenvalue weighted by molar-refractivity contribution is 7.89. The zero-order valence-corrected chi connectivity index (χ0v) is 25.3. The number of aryl methyl sites for hydroxylation is 3. The molecule has 1 amide bonds. The van der Waals surface area contributed by atoms with E-state index in [4.69, 9.17) is 14.2 Å². The fraction of sp³-hybridized carbons (Fsp3) is 0.567. The van der Waals surface area contributed by atoms with Crippen molar-refractivity contribution in [3.05, 3.63) is 52.6 Å². The molecule has 0 aromatic heterocycles. The van der Waals surface area contributed by atoms with Crippen molar-refractivity contribution in [2.45, 2.75) is 50.5 Å². The first-order valence-corrected chi connectivity index (χ1v) is 15.5. The number of ether oxygens (including phenoxy) is 3. The van der Waals surface area contributed by atoms with E-state index in [1.807, 2.05) is 6.07 Å². The molecule has 4 rings (SSSR count). The van der Waals surface area contributed by atoms with Crippen LogP contribution in [0.25, 0.3) is 0 Å². The highest BCUT2D eigenvalue weighted by atomic mass is 32.2. The monoisotopic (exact) mass is 573 g/mol. The molecule has 2 aliphatic rings. The molecule has 1 saturated heterocycles. The third-order valence-electron chi connectivity index (χ3n) is 8.01. The van der Waals surface area contributed by atoms with Crippen LogP contribution in [0.2, 0.25) is 0 Å². The van der Waals surface area contributed by atoms with Crippen LogP contribution >= 0.6 is 0 Å². The van der Waals surface area contributed by atoms with Crippen molar-refractivity contribution in [3.8, 4) is 11.5 Å². The molecule has 2 aromatic rings. The number of methoxy groups -OCH3 is 1. The number of likely N-dealkylation sites (tertiary alicyclic amines) is 1. The number of amides is 1. The van der Waals surface area contributed by atoms with Crippen LogP contribution in [0.5, 0.6) is 11.5 Å². The minimum Gasteiger partial charge on any atom is -0.497 e. The van der Waals surface area contributed by atoms with Gasteiger partial charge in [-0.2, -0.15) is 4.31 Å². The fourth-order valence-corrected chi connectivity index (χ4v) is 7.26. The molecule has 10 heteroatoms. The van der Waals surface area contributed by atoms with Crippen molar-refractivity contribution in [1.29, 1.82) is 0 Å². The number of carbonyl (C=O) groups is 1. The SMILES string of the molecule is COc1cc(C)c(S(=O)(=O)N(C)CCOCC(=O)N(C)C2CCc3cc(OCCN4CCCC4)ccc32)c(C)c1. The van der Waals surface area contributed by atoms with Gasteiger partial charge in [0.15, 0.2) is 0 Å².